The first-order valence-electron chi connectivity index (χ1n) is 9.74. The SMILES string of the molecule is O=C1CCC2(CCN(C(=O)c3ccncc3)CC2)CN1C[C@@H]1CCCO1. The van der Waals surface area contributed by atoms with E-state index in [-0.39, 0.29) is 23.3 Å². The van der Waals surface area contributed by atoms with Crippen LogP contribution in [0.5, 0.6) is 0 Å². The van der Waals surface area contributed by atoms with Crippen molar-refractivity contribution in [1.29, 1.82) is 0 Å². The Labute approximate surface area is 154 Å². The summed E-state index contributed by atoms with van der Waals surface area (Å²) in [6, 6.07) is 3.55. The highest BCUT2D eigenvalue weighted by Crippen LogP contribution is 2.40. The van der Waals surface area contributed by atoms with E-state index in [1.807, 2.05) is 9.80 Å². The first-order chi connectivity index (χ1) is 12.7. The Morgan fingerprint density at radius 3 is 2.69 bits per heavy atom. The predicted octanol–water partition coefficient (Wildman–Crippen LogP) is 2.11. The third-order valence-corrected chi connectivity index (χ3v) is 6.23. The largest absolute Gasteiger partial charge is 0.376 e. The van der Waals surface area contributed by atoms with Gasteiger partial charge in [0.1, 0.15) is 0 Å². The van der Waals surface area contributed by atoms with E-state index in [4.69, 9.17) is 4.74 Å². The van der Waals surface area contributed by atoms with Crippen molar-refractivity contribution in [2.45, 2.75) is 44.6 Å². The molecule has 1 aromatic heterocycles. The van der Waals surface area contributed by atoms with Gasteiger partial charge in [0, 0.05) is 57.2 Å². The van der Waals surface area contributed by atoms with Gasteiger partial charge in [0.05, 0.1) is 6.10 Å². The molecule has 0 aromatic carbocycles. The van der Waals surface area contributed by atoms with E-state index in [0.29, 0.717) is 12.0 Å². The van der Waals surface area contributed by atoms with Crippen molar-refractivity contribution in [3.05, 3.63) is 30.1 Å². The van der Waals surface area contributed by atoms with Crippen molar-refractivity contribution in [2.75, 3.05) is 32.8 Å². The van der Waals surface area contributed by atoms with Gasteiger partial charge in [0.2, 0.25) is 5.91 Å². The molecule has 3 saturated heterocycles. The number of rotatable bonds is 3. The van der Waals surface area contributed by atoms with Gasteiger partial charge in [-0.3, -0.25) is 14.6 Å². The van der Waals surface area contributed by atoms with E-state index in [2.05, 4.69) is 4.98 Å². The molecule has 6 nitrogen and oxygen atoms in total. The Bertz CT molecular complexity index is 650. The number of amides is 2. The Morgan fingerprint density at radius 2 is 2.00 bits per heavy atom. The van der Waals surface area contributed by atoms with Gasteiger partial charge in [0.25, 0.3) is 5.91 Å². The Balaban J connectivity index is 1.36. The Kier molecular flexibility index (Phi) is 4.94. The normalized spacial score (nSPS) is 25.7. The number of carbonyl (C=O) groups excluding carboxylic acids is 2. The molecule has 0 radical (unpaired) electrons. The molecule has 0 aliphatic carbocycles. The number of aromatic nitrogens is 1. The number of likely N-dealkylation sites (tertiary alicyclic amines) is 2. The van der Waals surface area contributed by atoms with Gasteiger partial charge in [-0.25, -0.2) is 0 Å². The summed E-state index contributed by atoms with van der Waals surface area (Å²) in [6.45, 7) is 3.92. The van der Waals surface area contributed by atoms with Gasteiger partial charge in [-0.05, 0) is 49.7 Å². The van der Waals surface area contributed by atoms with Gasteiger partial charge in [-0.1, -0.05) is 0 Å². The second-order valence-corrected chi connectivity index (χ2v) is 7.94. The number of piperidine rings is 2. The fraction of sp³-hybridized carbons (Fsp3) is 0.650. The van der Waals surface area contributed by atoms with Crippen LogP contribution in [0.2, 0.25) is 0 Å². The molecule has 1 atom stereocenters. The number of hydrogen-bond donors (Lipinski definition) is 0. The van der Waals surface area contributed by atoms with Crippen LogP contribution in [0.3, 0.4) is 0 Å². The quantitative estimate of drug-likeness (QED) is 0.831. The molecule has 0 unspecified atom stereocenters. The van der Waals surface area contributed by atoms with E-state index < -0.39 is 0 Å². The lowest BCUT2D eigenvalue weighted by Crippen LogP contribution is -2.53. The highest BCUT2D eigenvalue weighted by molar-refractivity contribution is 5.94. The zero-order chi connectivity index (χ0) is 18.0. The monoisotopic (exact) mass is 357 g/mol. The van der Waals surface area contributed by atoms with E-state index in [1.165, 1.54) is 0 Å². The first-order valence-corrected chi connectivity index (χ1v) is 9.74. The van der Waals surface area contributed by atoms with Crippen molar-refractivity contribution < 1.29 is 14.3 Å². The summed E-state index contributed by atoms with van der Waals surface area (Å²) in [7, 11) is 0. The Hall–Kier alpha value is -1.95. The maximum atomic E-state index is 12.6. The average Bonchev–Trinajstić information content (AvgIpc) is 3.19. The third-order valence-electron chi connectivity index (χ3n) is 6.23. The minimum atomic E-state index is 0.0883. The highest BCUT2D eigenvalue weighted by atomic mass is 16.5. The minimum Gasteiger partial charge on any atom is -0.376 e. The zero-order valence-electron chi connectivity index (χ0n) is 15.2. The molecule has 3 aliphatic heterocycles. The van der Waals surface area contributed by atoms with Crippen LogP contribution in [0.1, 0.15) is 48.9 Å². The van der Waals surface area contributed by atoms with Crippen molar-refractivity contribution >= 4 is 11.8 Å². The van der Waals surface area contributed by atoms with Crippen LogP contribution >= 0.6 is 0 Å². The van der Waals surface area contributed by atoms with E-state index in [0.717, 1.165) is 64.9 Å². The maximum Gasteiger partial charge on any atom is 0.253 e. The summed E-state index contributed by atoms with van der Waals surface area (Å²) in [5.74, 6) is 0.353. The molecule has 1 spiro atoms. The van der Waals surface area contributed by atoms with Crippen molar-refractivity contribution in [2.24, 2.45) is 5.41 Å². The summed E-state index contributed by atoms with van der Waals surface area (Å²) in [4.78, 5) is 33.0. The average molecular weight is 357 g/mol. The standard InChI is InChI=1S/C20H27N3O3/c24-18-3-6-20(15-23(18)14-17-2-1-13-26-17)7-11-22(12-8-20)19(25)16-4-9-21-10-5-16/h4-5,9-10,17H,1-3,6-8,11-15H2/t17-/m0/s1. The molecular weight excluding hydrogens is 330 g/mol. The molecule has 0 saturated carbocycles. The summed E-state index contributed by atoms with van der Waals surface area (Å²) >= 11 is 0. The van der Waals surface area contributed by atoms with Crippen LogP contribution in [0.25, 0.3) is 0 Å². The molecule has 0 N–H and O–H groups in total. The molecule has 1 aromatic rings. The van der Waals surface area contributed by atoms with Crippen LogP contribution in [0.15, 0.2) is 24.5 Å². The second kappa shape index (κ2) is 7.35. The Morgan fingerprint density at radius 1 is 1.23 bits per heavy atom. The van der Waals surface area contributed by atoms with Crippen molar-refractivity contribution in [1.82, 2.24) is 14.8 Å². The molecule has 3 fully saturated rings. The lowest BCUT2D eigenvalue weighted by atomic mass is 9.72. The van der Waals surface area contributed by atoms with Crippen LogP contribution < -0.4 is 0 Å². The summed E-state index contributed by atoms with van der Waals surface area (Å²) in [6.07, 6.45) is 9.22. The molecule has 4 rings (SSSR count). The molecule has 140 valence electrons. The number of hydrogen-bond acceptors (Lipinski definition) is 4. The fourth-order valence-corrected chi connectivity index (χ4v) is 4.57. The maximum absolute atomic E-state index is 12.6. The number of nitrogens with zero attached hydrogens (tertiary/aromatic N) is 3. The van der Waals surface area contributed by atoms with Crippen LogP contribution in [-0.2, 0) is 9.53 Å². The summed E-state index contributed by atoms with van der Waals surface area (Å²) in [5.41, 5.74) is 0.872. The van der Waals surface area contributed by atoms with E-state index in [9.17, 15) is 9.59 Å². The van der Waals surface area contributed by atoms with Crippen molar-refractivity contribution in [3.63, 3.8) is 0 Å². The van der Waals surface area contributed by atoms with Gasteiger partial charge >= 0.3 is 0 Å². The molecule has 3 aliphatic rings. The molecule has 26 heavy (non-hydrogen) atoms. The summed E-state index contributed by atoms with van der Waals surface area (Å²) in [5, 5.41) is 0. The molecule has 6 heteroatoms. The molecule has 2 amide bonds. The number of carbonyl (C=O) groups is 2. The van der Waals surface area contributed by atoms with Gasteiger partial charge in [0.15, 0.2) is 0 Å². The molecule has 4 heterocycles. The van der Waals surface area contributed by atoms with E-state index >= 15 is 0 Å². The third kappa shape index (κ3) is 3.61. The highest BCUT2D eigenvalue weighted by Gasteiger charge is 2.42. The molecular formula is C20H27N3O3. The van der Waals surface area contributed by atoms with Gasteiger partial charge < -0.3 is 14.5 Å². The second-order valence-electron chi connectivity index (χ2n) is 7.94. The predicted molar refractivity (Wildman–Crippen MR) is 96.6 cm³/mol. The van der Waals surface area contributed by atoms with Crippen molar-refractivity contribution in [3.8, 4) is 0 Å². The van der Waals surface area contributed by atoms with Crippen LogP contribution in [0.4, 0.5) is 0 Å². The lowest BCUT2D eigenvalue weighted by molar-refractivity contribution is -0.141. The number of ether oxygens (including phenoxy) is 1. The van der Waals surface area contributed by atoms with Gasteiger partial charge in [-0.15, -0.1) is 0 Å². The minimum absolute atomic E-state index is 0.0883. The summed E-state index contributed by atoms with van der Waals surface area (Å²) < 4.78 is 5.73. The van der Waals surface area contributed by atoms with Gasteiger partial charge in [-0.2, -0.15) is 0 Å². The van der Waals surface area contributed by atoms with Crippen LogP contribution in [-0.4, -0.2) is 65.5 Å². The topological polar surface area (TPSA) is 62.7 Å². The number of pyridine rings is 1. The first kappa shape index (κ1) is 17.5. The van der Waals surface area contributed by atoms with Crippen LogP contribution in [0, 0.1) is 5.41 Å². The zero-order valence-corrected chi connectivity index (χ0v) is 15.2. The lowest BCUT2D eigenvalue weighted by Gasteiger charge is -2.47. The fourth-order valence-electron chi connectivity index (χ4n) is 4.57. The van der Waals surface area contributed by atoms with E-state index in [1.54, 1.807) is 24.5 Å². The smallest absolute Gasteiger partial charge is 0.253 e. The molecule has 0 bridgehead atoms.